The van der Waals surface area contributed by atoms with Gasteiger partial charge in [-0.3, -0.25) is 9.78 Å². The highest BCUT2D eigenvalue weighted by molar-refractivity contribution is 7.80. The average molecular weight is 595 g/mol. The second-order valence-corrected chi connectivity index (χ2v) is 11.6. The monoisotopic (exact) mass is 594 g/mol. The van der Waals surface area contributed by atoms with Crippen molar-refractivity contribution in [2.75, 3.05) is 43.1 Å². The maximum absolute atomic E-state index is 13.0. The molecule has 8 nitrogen and oxygen atoms in total. The fourth-order valence-corrected chi connectivity index (χ4v) is 6.52. The van der Waals surface area contributed by atoms with E-state index in [0.717, 1.165) is 65.9 Å². The van der Waals surface area contributed by atoms with E-state index in [9.17, 15) is 4.79 Å². The number of ether oxygens (including phenoxy) is 1. The van der Waals surface area contributed by atoms with Crippen LogP contribution in [0.4, 0.5) is 11.4 Å². The number of aromatic nitrogens is 2. The molecule has 2 aromatic heterocycles. The Morgan fingerprint density at radius 1 is 1.00 bits per heavy atom. The molecule has 1 amide bonds. The van der Waals surface area contributed by atoms with Crippen LogP contribution in [0.1, 0.15) is 46.7 Å². The zero-order valence-corrected chi connectivity index (χ0v) is 25.7. The number of aryl methyl sites for hydroxylation is 2. The molecule has 6 rings (SSSR count). The van der Waals surface area contributed by atoms with Crippen LogP contribution < -0.4 is 15.5 Å². The zero-order chi connectivity index (χ0) is 29.9. The number of amides is 1. The second kappa shape index (κ2) is 12.6. The molecular weight excluding hydrogens is 556 g/mol. The highest BCUT2D eigenvalue weighted by Crippen LogP contribution is 2.41. The number of benzene rings is 2. The zero-order valence-electron chi connectivity index (χ0n) is 24.9. The van der Waals surface area contributed by atoms with Gasteiger partial charge < -0.3 is 29.7 Å². The summed E-state index contributed by atoms with van der Waals surface area (Å²) in [6.07, 6.45) is 2.12. The topological polar surface area (TPSA) is 74.7 Å². The van der Waals surface area contributed by atoms with Crippen LogP contribution in [0.15, 0.2) is 79.0 Å². The van der Waals surface area contributed by atoms with Crippen LogP contribution in [0, 0.1) is 20.8 Å². The van der Waals surface area contributed by atoms with E-state index in [1.165, 1.54) is 5.69 Å². The van der Waals surface area contributed by atoms with Gasteiger partial charge >= 0.3 is 0 Å². The van der Waals surface area contributed by atoms with Gasteiger partial charge in [0.2, 0.25) is 5.91 Å². The summed E-state index contributed by atoms with van der Waals surface area (Å²) in [7, 11) is 0. The molecule has 222 valence electrons. The van der Waals surface area contributed by atoms with E-state index >= 15 is 0 Å². The van der Waals surface area contributed by atoms with Crippen molar-refractivity contribution in [2.45, 2.75) is 39.3 Å². The summed E-state index contributed by atoms with van der Waals surface area (Å²) in [6.45, 7) is 10.2. The van der Waals surface area contributed by atoms with Crippen LogP contribution in [0.25, 0.3) is 5.69 Å². The van der Waals surface area contributed by atoms with Crippen LogP contribution in [-0.4, -0.2) is 58.3 Å². The number of hydrogen-bond acceptors (Lipinski definition) is 5. The summed E-state index contributed by atoms with van der Waals surface area (Å²) in [4.78, 5) is 22.2. The largest absolute Gasteiger partial charge is 0.378 e. The number of morpholine rings is 1. The van der Waals surface area contributed by atoms with E-state index < -0.39 is 0 Å². The number of pyridine rings is 1. The lowest BCUT2D eigenvalue weighted by Gasteiger charge is -2.29. The van der Waals surface area contributed by atoms with E-state index in [0.29, 0.717) is 18.1 Å². The van der Waals surface area contributed by atoms with Crippen LogP contribution in [-0.2, 0) is 9.53 Å². The first-order chi connectivity index (χ1) is 20.9. The third-order valence-electron chi connectivity index (χ3n) is 8.39. The molecular formula is C34H38N6O2S. The van der Waals surface area contributed by atoms with Gasteiger partial charge in [-0.05, 0) is 93.1 Å². The summed E-state index contributed by atoms with van der Waals surface area (Å²) in [5.41, 5.74) is 8.64. The molecule has 9 heteroatoms. The Hall–Kier alpha value is -4.21. The number of rotatable bonds is 8. The molecule has 0 unspecified atom stereocenters. The Bertz CT molecular complexity index is 1580. The maximum Gasteiger partial charge on any atom is 0.226 e. The summed E-state index contributed by atoms with van der Waals surface area (Å²) >= 11 is 5.88. The van der Waals surface area contributed by atoms with Gasteiger partial charge in [0, 0.05) is 60.7 Å². The van der Waals surface area contributed by atoms with Gasteiger partial charge in [0.15, 0.2) is 5.11 Å². The molecule has 2 aliphatic heterocycles. The molecule has 2 fully saturated rings. The number of carbonyl (C=O) groups is 1. The highest BCUT2D eigenvalue weighted by Gasteiger charge is 2.41. The van der Waals surface area contributed by atoms with E-state index in [4.69, 9.17) is 17.0 Å². The molecule has 2 aliphatic rings. The van der Waals surface area contributed by atoms with Crippen molar-refractivity contribution in [3.63, 3.8) is 0 Å². The lowest BCUT2D eigenvalue weighted by Crippen LogP contribution is -2.36. The number of nitrogens with zero attached hydrogens (tertiary/aromatic N) is 4. The normalized spacial score (nSPS) is 18.5. The Labute approximate surface area is 258 Å². The molecule has 0 aliphatic carbocycles. The molecule has 0 saturated carbocycles. The molecule has 0 spiro atoms. The fourth-order valence-electron chi connectivity index (χ4n) is 6.19. The molecule has 43 heavy (non-hydrogen) atoms. The lowest BCUT2D eigenvalue weighted by molar-refractivity contribution is -0.116. The molecule has 0 radical (unpaired) electrons. The lowest BCUT2D eigenvalue weighted by atomic mass is 9.96. The van der Waals surface area contributed by atoms with Gasteiger partial charge in [-0.2, -0.15) is 0 Å². The van der Waals surface area contributed by atoms with E-state index in [2.05, 4.69) is 74.2 Å². The molecule has 4 heterocycles. The van der Waals surface area contributed by atoms with Crippen molar-refractivity contribution in [2.24, 2.45) is 0 Å². The number of anilines is 2. The molecule has 2 atom stereocenters. The molecule has 2 saturated heterocycles. The Morgan fingerprint density at radius 2 is 1.72 bits per heavy atom. The predicted octanol–water partition coefficient (Wildman–Crippen LogP) is 5.64. The fraction of sp³-hybridized carbons (Fsp3) is 0.324. The second-order valence-electron chi connectivity index (χ2n) is 11.3. The van der Waals surface area contributed by atoms with Crippen molar-refractivity contribution in [1.29, 1.82) is 0 Å². The molecule has 2 aromatic carbocycles. The molecule has 2 N–H and O–H groups in total. The summed E-state index contributed by atoms with van der Waals surface area (Å²) < 4.78 is 7.83. The van der Waals surface area contributed by atoms with Crippen molar-refractivity contribution in [3.8, 4) is 5.69 Å². The molecule has 0 bridgehead atoms. The first kappa shape index (κ1) is 28.9. The summed E-state index contributed by atoms with van der Waals surface area (Å²) in [5, 5.41) is 7.18. The minimum Gasteiger partial charge on any atom is -0.378 e. The minimum absolute atomic E-state index is 0.0440. The standard InChI is InChI=1S/C34H38N6O2S/c1-23-7-9-26(10-8-23)36-31(41)15-17-39-33(32(37-34(39)43)30-6-4-5-16-35-30)29-22-24(2)40(25(29)3)28-13-11-27(12-14-28)38-18-20-42-21-19-38/h4-14,16,22,32-33H,15,17-21H2,1-3H3,(H,36,41)(H,37,43)/t32-,33-/m0/s1. The van der Waals surface area contributed by atoms with Gasteiger partial charge in [0.1, 0.15) is 0 Å². The Morgan fingerprint density at radius 3 is 2.42 bits per heavy atom. The van der Waals surface area contributed by atoms with Crippen molar-refractivity contribution in [3.05, 3.63) is 107 Å². The third kappa shape index (κ3) is 6.14. The van der Waals surface area contributed by atoms with E-state index in [-0.39, 0.29) is 18.0 Å². The van der Waals surface area contributed by atoms with Gasteiger partial charge in [-0.25, -0.2) is 0 Å². The van der Waals surface area contributed by atoms with Crippen molar-refractivity contribution < 1.29 is 9.53 Å². The Balaban J connectivity index is 1.28. The van der Waals surface area contributed by atoms with Gasteiger partial charge in [-0.15, -0.1) is 0 Å². The summed E-state index contributed by atoms with van der Waals surface area (Å²) in [6, 6.07) is 24.6. The van der Waals surface area contributed by atoms with Crippen LogP contribution >= 0.6 is 12.2 Å². The van der Waals surface area contributed by atoms with Gasteiger partial charge in [0.25, 0.3) is 0 Å². The van der Waals surface area contributed by atoms with Crippen molar-refractivity contribution in [1.82, 2.24) is 19.8 Å². The number of hydrogen-bond donors (Lipinski definition) is 2. The number of carbonyl (C=O) groups excluding carboxylic acids is 1. The maximum atomic E-state index is 13.0. The highest BCUT2D eigenvalue weighted by atomic mass is 32.1. The Kier molecular flexibility index (Phi) is 8.44. The minimum atomic E-state index is -0.147. The first-order valence-corrected chi connectivity index (χ1v) is 15.3. The van der Waals surface area contributed by atoms with E-state index in [1.807, 2.05) is 55.6 Å². The van der Waals surface area contributed by atoms with E-state index in [1.54, 1.807) is 0 Å². The quantitative estimate of drug-likeness (QED) is 0.256. The predicted molar refractivity (Wildman–Crippen MR) is 175 cm³/mol. The van der Waals surface area contributed by atoms with Crippen LogP contribution in [0.5, 0.6) is 0 Å². The number of nitrogens with one attached hydrogen (secondary N) is 2. The summed E-state index contributed by atoms with van der Waals surface area (Å²) in [5.74, 6) is -0.0440. The third-order valence-corrected chi connectivity index (χ3v) is 8.74. The SMILES string of the molecule is Cc1ccc(NC(=O)CCN2C(=S)N[C@@H](c3ccccn3)[C@@H]2c2cc(C)n(-c3ccc(N4CCOCC4)cc3)c2C)cc1. The van der Waals surface area contributed by atoms with Crippen LogP contribution in [0.3, 0.4) is 0 Å². The smallest absolute Gasteiger partial charge is 0.226 e. The van der Waals surface area contributed by atoms with Gasteiger partial charge in [-0.1, -0.05) is 23.8 Å². The molecule has 4 aromatic rings. The van der Waals surface area contributed by atoms with Crippen molar-refractivity contribution >= 4 is 34.6 Å². The average Bonchev–Trinajstić information content (AvgIpc) is 3.52. The van der Waals surface area contributed by atoms with Gasteiger partial charge in [0.05, 0.1) is 31.0 Å². The van der Waals surface area contributed by atoms with Crippen LogP contribution in [0.2, 0.25) is 0 Å². The number of thiocarbonyl (C=S) groups is 1. The first-order valence-electron chi connectivity index (χ1n) is 14.9.